The van der Waals surface area contributed by atoms with Crippen molar-refractivity contribution in [1.29, 1.82) is 0 Å². The Hall–Kier alpha value is -3.94. The van der Waals surface area contributed by atoms with E-state index in [1.807, 2.05) is 41.7 Å². The summed E-state index contributed by atoms with van der Waals surface area (Å²) in [7, 11) is 3.50. The Balaban J connectivity index is 1.45. The van der Waals surface area contributed by atoms with Gasteiger partial charge >= 0.3 is 0 Å². The van der Waals surface area contributed by atoms with Crippen LogP contribution < -0.4 is 10.1 Å². The highest BCUT2D eigenvalue weighted by atomic mass is 16.5. The Kier molecular flexibility index (Phi) is 4.97. The van der Waals surface area contributed by atoms with Gasteiger partial charge in [0.25, 0.3) is 5.91 Å². The molecular formula is C24H24N6O2. The second-order valence-electron chi connectivity index (χ2n) is 8.10. The molecule has 0 spiro atoms. The fourth-order valence-electron chi connectivity index (χ4n) is 4.10. The first-order valence-corrected chi connectivity index (χ1v) is 10.5. The molecule has 0 fully saturated rings. The van der Waals surface area contributed by atoms with Gasteiger partial charge in [0.1, 0.15) is 12.1 Å². The Bertz CT molecular complexity index is 1330. The van der Waals surface area contributed by atoms with Gasteiger partial charge in [-0.15, -0.1) is 10.2 Å². The smallest absolute Gasteiger partial charge is 0.253 e. The lowest BCUT2D eigenvalue weighted by Gasteiger charge is -2.14. The summed E-state index contributed by atoms with van der Waals surface area (Å²) < 4.78 is 7.52. The van der Waals surface area contributed by atoms with E-state index in [9.17, 15) is 4.79 Å². The van der Waals surface area contributed by atoms with Crippen LogP contribution in [0.15, 0.2) is 48.9 Å². The van der Waals surface area contributed by atoms with Crippen LogP contribution in [0.4, 0.5) is 5.95 Å². The van der Waals surface area contributed by atoms with E-state index in [4.69, 9.17) is 4.74 Å². The lowest BCUT2D eigenvalue weighted by molar-refractivity contribution is 0.0827. The lowest BCUT2D eigenvalue weighted by Crippen LogP contribution is -2.22. The van der Waals surface area contributed by atoms with Crippen LogP contribution in [0.5, 0.6) is 5.75 Å². The van der Waals surface area contributed by atoms with Crippen molar-refractivity contribution in [2.45, 2.75) is 19.9 Å². The van der Waals surface area contributed by atoms with Crippen molar-refractivity contribution in [3.63, 3.8) is 0 Å². The van der Waals surface area contributed by atoms with Crippen LogP contribution >= 0.6 is 0 Å². The number of carbonyl (C=O) groups is 1. The number of hydrogen-bond donors (Lipinski definition) is 1. The summed E-state index contributed by atoms with van der Waals surface area (Å²) in [5.74, 6) is 1.62. The number of hydrogen-bond acceptors (Lipinski definition) is 6. The van der Waals surface area contributed by atoms with Gasteiger partial charge in [-0.05, 0) is 35.7 Å². The molecule has 4 aromatic rings. The van der Waals surface area contributed by atoms with Gasteiger partial charge in [-0.3, -0.25) is 9.20 Å². The van der Waals surface area contributed by atoms with E-state index < -0.39 is 0 Å². The molecule has 162 valence electrons. The summed E-state index contributed by atoms with van der Waals surface area (Å²) in [6, 6.07) is 11.9. The second-order valence-corrected chi connectivity index (χ2v) is 8.10. The highest BCUT2D eigenvalue weighted by Gasteiger charge is 2.17. The van der Waals surface area contributed by atoms with Crippen molar-refractivity contribution in [1.82, 2.24) is 24.5 Å². The van der Waals surface area contributed by atoms with E-state index in [-0.39, 0.29) is 5.91 Å². The van der Waals surface area contributed by atoms with Gasteiger partial charge < -0.3 is 15.0 Å². The molecule has 1 amide bonds. The zero-order valence-corrected chi connectivity index (χ0v) is 18.3. The van der Waals surface area contributed by atoms with Gasteiger partial charge in [-0.2, -0.15) is 0 Å². The van der Waals surface area contributed by atoms with Crippen molar-refractivity contribution in [2.24, 2.45) is 0 Å². The molecule has 1 aliphatic heterocycles. The maximum atomic E-state index is 12.4. The maximum absolute atomic E-state index is 12.4. The third-order valence-corrected chi connectivity index (χ3v) is 5.78. The fraction of sp³-hybridized carbons (Fsp3) is 0.250. The van der Waals surface area contributed by atoms with Crippen LogP contribution in [-0.4, -0.2) is 51.1 Å². The minimum absolute atomic E-state index is 0.0165. The average Bonchev–Trinajstić information content (AvgIpc) is 3.47. The predicted molar refractivity (Wildman–Crippen MR) is 122 cm³/mol. The van der Waals surface area contributed by atoms with E-state index in [1.165, 1.54) is 11.1 Å². The topological polar surface area (TPSA) is 84.6 Å². The number of aryl methyl sites for hydroxylation is 1. The predicted octanol–water partition coefficient (Wildman–Crippen LogP) is 3.35. The van der Waals surface area contributed by atoms with Crippen LogP contribution in [0.2, 0.25) is 0 Å². The van der Waals surface area contributed by atoms with Crippen molar-refractivity contribution in [2.75, 3.05) is 26.0 Å². The van der Waals surface area contributed by atoms with Gasteiger partial charge in [-0.25, -0.2) is 4.98 Å². The molecule has 8 nitrogen and oxygen atoms in total. The van der Waals surface area contributed by atoms with Crippen molar-refractivity contribution in [3.8, 4) is 16.9 Å². The summed E-state index contributed by atoms with van der Waals surface area (Å²) in [5, 5.41) is 11.8. The standard InChI is InChI=1S/C24H24N6O2/c1-15-11-16(7-8-18(15)23(31)29(2)3)20-13-26-24(30-14-27-28-22(20)30)25-12-17-5-4-6-21-19(17)9-10-32-21/h4-8,11,13-14H,9-10,12H2,1-3H3,(H,25,26). The Morgan fingerprint density at radius 2 is 2.12 bits per heavy atom. The quantitative estimate of drug-likeness (QED) is 0.525. The molecule has 0 bridgehead atoms. The molecular weight excluding hydrogens is 404 g/mol. The van der Waals surface area contributed by atoms with Crippen LogP contribution in [0, 0.1) is 6.92 Å². The van der Waals surface area contributed by atoms with E-state index >= 15 is 0 Å². The Morgan fingerprint density at radius 1 is 1.25 bits per heavy atom. The molecule has 1 aliphatic rings. The molecule has 8 heteroatoms. The largest absolute Gasteiger partial charge is 0.493 e. The Labute approximate surface area is 185 Å². The molecule has 0 saturated carbocycles. The first kappa shape index (κ1) is 20.0. The molecule has 0 atom stereocenters. The molecule has 3 heterocycles. The van der Waals surface area contributed by atoms with E-state index in [1.54, 1.807) is 31.5 Å². The minimum Gasteiger partial charge on any atom is -0.493 e. The fourth-order valence-corrected chi connectivity index (χ4v) is 4.10. The van der Waals surface area contributed by atoms with Crippen molar-refractivity contribution >= 4 is 17.5 Å². The number of nitrogens with zero attached hydrogens (tertiary/aromatic N) is 5. The van der Waals surface area contributed by atoms with Gasteiger partial charge in [0.05, 0.1) is 6.61 Å². The zero-order chi connectivity index (χ0) is 22.2. The number of nitrogens with one attached hydrogen (secondary N) is 1. The van der Waals surface area contributed by atoms with Crippen LogP contribution in [0.3, 0.4) is 0 Å². The van der Waals surface area contributed by atoms with Crippen molar-refractivity contribution in [3.05, 3.63) is 71.2 Å². The first-order chi connectivity index (χ1) is 15.5. The number of anilines is 1. The molecule has 0 radical (unpaired) electrons. The molecule has 2 aromatic heterocycles. The minimum atomic E-state index is -0.0165. The summed E-state index contributed by atoms with van der Waals surface area (Å²) in [4.78, 5) is 18.6. The molecule has 0 aliphatic carbocycles. The normalized spacial score (nSPS) is 12.5. The van der Waals surface area contributed by atoms with E-state index in [2.05, 4.69) is 26.6 Å². The average molecular weight is 428 g/mol. The van der Waals surface area contributed by atoms with Crippen LogP contribution in [-0.2, 0) is 13.0 Å². The highest BCUT2D eigenvalue weighted by Crippen LogP contribution is 2.30. The maximum Gasteiger partial charge on any atom is 0.253 e. The number of rotatable bonds is 5. The number of carbonyl (C=O) groups excluding carboxylic acids is 1. The number of aromatic nitrogens is 4. The third kappa shape index (κ3) is 3.43. The summed E-state index contributed by atoms with van der Waals surface area (Å²) in [6.07, 6.45) is 4.38. The van der Waals surface area contributed by atoms with Crippen molar-refractivity contribution < 1.29 is 9.53 Å². The molecule has 32 heavy (non-hydrogen) atoms. The van der Waals surface area contributed by atoms with E-state index in [0.717, 1.165) is 35.5 Å². The van der Waals surface area contributed by atoms with Crippen LogP contribution in [0.1, 0.15) is 27.0 Å². The monoisotopic (exact) mass is 428 g/mol. The van der Waals surface area contributed by atoms with Gasteiger partial charge in [0, 0.05) is 49.9 Å². The summed E-state index contributed by atoms with van der Waals surface area (Å²) >= 11 is 0. The number of ether oxygens (including phenoxy) is 1. The number of amides is 1. The number of benzene rings is 2. The second kappa shape index (κ2) is 7.96. The summed E-state index contributed by atoms with van der Waals surface area (Å²) in [6.45, 7) is 3.30. The molecule has 1 N–H and O–H groups in total. The van der Waals surface area contributed by atoms with Crippen LogP contribution in [0.25, 0.3) is 16.8 Å². The van der Waals surface area contributed by atoms with Gasteiger partial charge in [-0.1, -0.05) is 24.3 Å². The molecule has 5 rings (SSSR count). The SMILES string of the molecule is Cc1cc(-c2cnc(NCc3cccc4c3CCO4)n3cnnc23)ccc1C(=O)N(C)C. The molecule has 2 aromatic carbocycles. The van der Waals surface area contributed by atoms with Gasteiger partial charge in [0.15, 0.2) is 5.65 Å². The van der Waals surface area contributed by atoms with E-state index in [0.29, 0.717) is 23.7 Å². The molecule has 0 unspecified atom stereocenters. The Morgan fingerprint density at radius 3 is 2.94 bits per heavy atom. The molecule has 0 saturated heterocycles. The number of fused-ring (bicyclic) bond motifs is 2. The lowest BCUT2D eigenvalue weighted by atomic mass is 10.0. The zero-order valence-electron chi connectivity index (χ0n) is 18.3. The highest BCUT2D eigenvalue weighted by molar-refractivity contribution is 5.96. The summed E-state index contributed by atoms with van der Waals surface area (Å²) in [5.41, 5.74) is 6.53. The first-order valence-electron chi connectivity index (χ1n) is 10.5. The van der Waals surface area contributed by atoms with Gasteiger partial charge in [0.2, 0.25) is 5.95 Å². The third-order valence-electron chi connectivity index (χ3n) is 5.78.